The van der Waals surface area contributed by atoms with Crippen LogP contribution in [0.3, 0.4) is 0 Å². The van der Waals surface area contributed by atoms with Gasteiger partial charge in [-0.3, -0.25) is 0 Å². The van der Waals surface area contributed by atoms with E-state index in [1.54, 1.807) is 0 Å². The summed E-state index contributed by atoms with van der Waals surface area (Å²) in [4.78, 5) is 22.3. The minimum absolute atomic E-state index is 0.108. The lowest BCUT2D eigenvalue weighted by Gasteiger charge is -2.30. The van der Waals surface area contributed by atoms with E-state index < -0.39 is 12.2 Å². The van der Waals surface area contributed by atoms with Crippen LogP contribution in [-0.4, -0.2) is 105 Å². The maximum Gasteiger partial charge on any atom is 0.416 e. The Labute approximate surface area is 138 Å². The van der Waals surface area contributed by atoms with E-state index >= 15 is 0 Å². The second-order valence-electron chi connectivity index (χ2n) is 7.24. The van der Waals surface area contributed by atoms with Crippen LogP contribution in [0.25, 0.3) is 0 Å². The molecule has 0 saturated carbocycles. The Morgan fingerprint density at radius 3 is 2.36 bits per heavy atom. The second kappa shape index (κ2) is 8.30. The third kappa shape index (κ3) is 4.95. The Kier molecular flexibility index (Phi) is 6.69. The molecule has 0 aliphatic carbocycles. The van der Waals surface area contributed by atoms with Gasteiger partial charge in [-0.1, -0.05) is 6.42 Å². The Hall–Kier alpha value is -0.611. The fourth-order valence-electron chi connectivity index (χ4n) is 4.50. The number of hydrogen-bond donors (Lipinski definition) is 2. The van der Waals surface area contributed by atoms with Gasteiger partial charge in [0.25, 0.3) is 0 Å². The summed E-state index contributed by atoms with van der Waals surface area (Å²) in [6.45, 7) is 0.108. The van der Waals surface area contributed by atoms with Gasteiger partial charge in [-0.05, 0) is 6.42 Å². The highest BCUT2D eigenvalue weighted by atomic mass is 16.4. The minimum atomic E-state index is -1.36. The molecule has 0 spiro atoms. The summed E-state index contributed by atoms with van der Waals surface area (Å²) < 4.78 is 0. The maximum atomic E-state index is 10.9. The lowest BCUT2D eigenvalue weighted by atomic mass is 8.89. The first-order valence-corrected chi connectivity index (χ1v) is 8.76. The smallest absolute Gasteiger partial charge is 0.416 e. The molecule has 2 saturated heterocycles. The number of carboxylic acid groups (broad SMARTS) is 2. The van der Waals surface area contributed by atoms with Gasteiger partial charge in [0.15, 0.2) is 0 Å². The standard InChI is InChI=1S/C7H19B10NO4/c19-5(20)18(6(21)22)3-1-2-7-8-4(9-11-7)10-13-15-17-16-14-12-7/h4,8-17H,1-3H2,(H,19,20)(H,21,22). The molecule has 2 rings (SSSR count). The molecule has 2 atom stereocenters. The molecule has 15 heteroatoms. The first-order chi connectivity index (χ1) is 10.5. The molecule has 22 heavy (non-hydrogen) atoms. The van der Waals surface area contributed by atoms with Crippen molar-refractivity contribution < 1.29 is 19.8 Å². The fraction of sp³-hybridized carbons (Fsp3) is 0.714. The van der Waals surface area contributed by atoms with Crippen molar-refractivity contribution in [3.63, 3.8) is 0 Å². The van der Waals surface area contributed by atoms with Crippen LogP contribution in [0.2, 0.25) is 10.7 Å². The molecule has 2 aliphatic rings. The van der Waals surface area contributed by atoms with Crippen LogP contribution in [0, 0.1) is 0 Å². The van der Waals surface area contributed by atoms with Crippen molar-refractivity contribution in [1.29, 1.82) is 0 Å². The van der Waals surface area contributed by atoms with E-state index in [0.29, 0.717) is 16.4 Å². The molecule has 0 aromatic rings. The largest absolute Gasteiger partial charge is 0.465 e. The summed E-state index contributed by atoms with van der Waals surface area (Å²) in [5.41, 5.74) is 0.841. The van der Waals surface area contributed by atoms with Crippen molar-refractivity contribution in [3.8, 4) is 0 Å². The molecule has 2 aliphatic heterocycles. The molecule has 2 fully saturated rings. The zero-order valence-corrected chi connectivity index (χ0v) is 13.4. The maximum absolute atomic E-state index is 10.9. The highest BCUT2D eigenvalue weighted by Crippen LogP contribution is 2.36. The van der Waals surface area contributed by atoms with Gasteiger partial charge >= 0.3 is 12.2 Å². The van der Waals surface area contributed by atoms with E-state index in [-0.39, 0.29) is 6.54 Å². The number of fused-ring (bicyclic) bond motifs is 2. The van der Waals surface area contributed by atoms with Gasteiger partial charge in [-0.25, -0.2) is 14.5 Å². The number of hydrogen-bond acceptors (Lipinski definition) is 2. The average molecular weight is 289 g/mol. The summed E-state index contributed by atoms with van der Waals surface area (Å²) in [6, 6.07) is 0. The van der Waals surface area contributed by atoms with Gasteiger partial charge in [0, 0.05) is 41.9 Å². The summed E-state index contributed by atoms with van der Waals surface area (Å²) in [5.74, 6) is 0. The van der Waals surface area contributed by atoms with Crippen LogP contribution in [0.1, 0.15) is 12.8 Å². The van der Waals surface area contributed by atoms with E-state index in [1.807, 2.05) is 0 Å². The third-order valence-corrected chi connectivity index (χ3v) is 5.67. The van der Waals surface area contributed by atoms with Crippen molar-refractivity contribution in [3.05, 3.63) is 0 Å². The molecule has 0 radical (unpaired) electrons. The highest BCUT2D eigenvalue weighted by molar-refractivity contribution is 7.64. The third-order valence-electron chi connectivity index (χ3n) is 5.67. The fourth-order valence-corrected chi connectivity index (χ4v) is 4.50. The van der Waals surface area contributed by atoms with E-state index in [1.165, 1.54) is 71.3 Å². The molecule has 0 aromatic carbocycles. The first kappa shape index (κ1) is 17.7. The number of amides is 2. The van der Waals surface area contributed by atoms with Crippen LogP contribution < -0.4 is 0 Å². The van der Waals surface area contributed by atoms with E-state index in [4.69, 9.17) is 10.2 Å². The van der Waals surface area contributed by atoms with Crippen molar-refractivity contribution >= 4 is 83.5 Å². The summed E-state index contributed by atoms with van der Waals surface area (Å²) in [5, 5.41) is 18.2. The zero-order valence-electron chi connectivity index (χ0n) is 13.4. The lowest BCUT2D eigenvalue weighted by molar-refractivity contribution is 0.122. The number of nitrogens with zero attached hydrogens (tertiary/aromatic N) is 1. The molecular weight excluding hydrogens is 270 g/mol. The predicted molar refractivity (Wildman–Crippen MR) is 110 cm³/mol. The number of carbonyl (C=O) groups is 2. The second-order valence-corrected chi connectivity index (χ2v) is 7.24. The monoisotopic (exact) mass is 291 g/mol. The Bertz CT molecular complexity index is 401. The van der Waals surface area contributed by atoms with Gasteiger partial charge < -0.3 is 10.2 Å². The normalized spacial score (nSPS) is 25.4. The number of rotatable bonds is 4. The first-order valence-electron chi connectivity index (χ1n) is 8.76. The van der Waals surface area contributed by atoms with Gasteiger partial charge in [0.05, 0.1) is 36.0 Å². The molecule has 5 nitrogen and oxygen atoms in total. The lowest BCUT2D eigenvalue weighted by Crippen LogP contribution is -2.41. The molecule has 2 N–H and O–H groups in total. The molecular formula is C7H19B10NO4. The zero-order chi connectivity index (χ0) is 16.0. The van der Waals surface area contributed by atoms with Crippen molar-refractivity contribution in [2.45, 2.75) is 23.6 Å². The van der Waals surface area contributed by atoms with Crippen molar-refractivity contribution in [1.82, 2.24) is 4.90 Å². The molecule has 2 heterocycles. The van der Waals surface area contributed by atoms with Crippen LogP contribution in [0.5, 0.6) is 0 Å². The van der Waals surface area contributed by atoms with Gasteiger partial charge in [0.1, 0.15) is 0 Å². The van der Waals surface area contributed by atoms with Crippen LogP contribution in [0.4, 0.5) is 9.59 Å². The average Bonchev–Trinajstić information content (AvgIpc) is 2.84. The summed E-state index contributed by atoms with van der Waals surface area (Å²) in [6.07, 6.45) is -1.09. The quantitative estimate of drug-likeness (QED) is 0.508. The van der Waals surface area contributed by atoms with Gasteiger partial charge in [-0.2, -0.15) is 0 Å². The van der Waals surface area contributed by atoms with Crippen LogP contribution >= 0.6 is 0 Å². The van der Waals surface area contributed by atoms with E-state index in [9.17, 15) is 9.59 Å². The summed E-state index contributed by atoms with van der Waals surface area (Å²) in [7, 11) is 13.1. The molecule has 2 unspecified atom stereocenters. The highest BCUT2D eigenvalue weighted by Gasteiger charge is 2.41. The van der Waals surface area contributed by atoms with E-state index in [0.717, 1.165) is 12.0 Å². The SMILES string of the molecule is O=C(O)N(CCCC12BBBBBBBC(BB1)B2)C(=O)O. The summed E-state index contributed by atoms with van der Waals surface area (Å²) >= 11 is 0. The molecule has 2 bridgehead atoms. The topological polar surface area (TPSA) is 77.8 Å². The molecule has 0 aromatic heterocycles. The van der Waals surface area contributed by atoms with Gasteiger partial charge in [0.2, 0.25) is 0 Å². The van der Waals surface area contributed by atoms with Crippen molar-refractivity contribution in [2.24, 2.45) is 0 Å². The Balaban J connectivity index is 1.88. The Morgan fingerprint density at radius 2 is 1.64 bits per heavy atom. The van der Waals surface area contributed by atoms with Gasteiger partial charge in [-0.15, -0.1) is 10.7 Å². The minimum Gasteiger partial charge on any atom is -0.465 e. The molecule has 2 amide bonds. The van der Waals surface area contributed by atoms with Crippen LogP contribution in [-0.2, 0) is 0 Å². The molecule has 106 valence electrons. The predicted octanol–water partition coefficient (Wildman–Crippen LogP) is -5.00. The van der Waals surface area contributed by atoms with Crippen LogP contribution in [0.15, 0.2) is 0 Å². The van der Waals surface area contributed by atoms with Crippen molar-refractivity contribution in [2.75, 3.05) is 6.54 Å². The Morgan fingerprint density at radius 1 is 0.955 bits per heavy atom. The number of imide groups is 1. The van der Waals surface area contributed by atoms with E-state index in [2.05, 4.69) is 0 Å².